The van der Waals surface area contributed by atoms with Crippen molar-refractivity contribution in [3.05, 3.63) is 23.2 Å². The molecule has 1 amide bonds. The number of methoxy groups -OCH3 is 1. The molecule has 0 aliphatic carbocycles. The Bertz CT molecular complexity index is 688. The highest BCUT2D eigenvalue weighted by Gasteiger charge is 2.32. The topological polar surface area (TPSA) is 44.8 Å². The lowest BCUT2D eigenvalue weighted by molar-refractivity contribution is -0.127. The van der Waals surface area contributed by atoms with Gasteiger partial charge in [-0.05, 0) is 44.0 Å². The number of ether oxygens (including phenoxy) is 1. The van der Waals surface area contributed by atoms with Gasteiger partial charge in [0.15, 0.2) is 0 Å². The molecule has 0 aromatic heterocycles. The highest BCUT2D eigenvalue weighted by Crippen LogP contribution is 2.33. The van der Waals surface area contributed by atoms with Crippen LogP contribution in [0.5, 0.6) is 5.75 Å². The van der Waals surface area contributed by atoms with E-state index in [1.54, 1.807) is 7.11 Å². The van der Waals surface area contributed by atoms with Gasteiger partial charge in [-0.15, -0.1) is 6.42 Å². The van der Waals surface area contributed by atoms with Gasteiger partial charge in [0.2, 0.25) is 5.91 Å². The number of halogens is 1. The Kier molecular flexibility index (Phi) is 6.29. The minimum atomic E-state index is -0.102. The Morgan fingerprint density at radius 1 is 1.38 bits per heavy atom. The smallest absolute Gasteiger partial charge is 0.237 e. The highest BCUT2D eigenvalue weighted by molar-refractivity contribution is 6.30. The zero-order valence-corrected chi connectivity index (χ0v) is 16.0. The molecule has 0 bridgehead atoms. The van der Waals surface area contributed by atoms with Crippen LogP contribution in [0.25, 0.3) is 0 Å². The van der Waals surface area contributed by atoms with E-state index in [9.17, 15) is 4.79 Å². The van der Waals surface area contributed by atoms with Gasteiger partial charge in [0.1, 0.15) is 5.75 Å². The summed E-state index contributed by atoms with van der Waals surface area (Å²) < 4.78 is 5.45. The van der Waals surface area contributed by atoms with Crippen molar-refractivity contribution in [2.45, 2.75) is 37.8 Å². The lowest BCUT2D eigenvalue weighted by Gasteiger charge is -2.33. The van der Waals surface area contributed by atoms with Crippen molar-refractivity contribution in [3.8, 4) is 18.1 Å². The molecule has 2 unspecified atom stereocenters. The van der Waals surface area contributed by atoms with Gasteiger partial charge in [0, 0.05) is 24.2 Å². The van der Waals surface area contributed by atoms with Gasteiger partial charge in [-0.1, -0.05) is 23.9 Å². The molecule has 1 aromatic rings. The predicted octanol–water partition coefficient (Wildman–Crippen LogP) is 2.53. The second-order valence-electron chi connectivity index (χ2n) is 6.94. The second kappa shape index (κ2) is 8.66. The standard InChI is InChI=1S/C20H26ClN3O2/c1-3-10-23-11-5-4-6-17(23)20(25)22-16-9-12-24(14-16)18-13-15(21)7-8-19(18)26-2/h1,7-8,13,16-17H,4-6,9-12,14H2,2H3,(H,22,25). The second-order valence-corrected chi connectivity index (χ2v) is 7.38. The Morgan fingerprint density at radius 3 is 3.00 bits per heavy atom. The zero-order chi connectivity index (χ0) is 18.5. The van der Waals surface area contributed by atoms with E-state index >= 15 is 0 Å². The molecule has 0 radical (unpaired) electrons. The maximum Gasteiger partial charge on any atom is 0.237 e. The molecule has 1 aromatic carbocycles. The van der Waals surface area contributed by atoms with E-state index in [-0.39, 0.29) is 18.0 Å². The number of hydrogen-bond acceptors (Lipinski definition) is 4. The van der Waals surface area contributed by atoms with E-state index in [1.165, 1.54) is 0 Å². The summed E-state index contributed by atoms with van der Waals surface area (Å²) in [5, 5.41) is 3.91. The Morgan fingerprint density at radius 2 is 2.23 bits per heavy atom. The van der Waals surface area contributed by atoms with Gasteiger partial charge in [-0.3, -0.25) is 9.69 Å². The van der Waals surface area contributed by atoms with Crippen LogP contribution in [0.4, 0.5) is 5.69 Å². The molecule has 2 aliphatic rings. The minimum Gasteiger partial charge on any atom is -0.495 e. The number of piperidine rings is 1. The van der Waals surface area contributed by atoms with Crippen LogP contribution in [-0.4, -0.2) is 56.2 Å². The quantitative estimate of drug-likeness (QED) is 0.803. The highest BCUT2D eigenvalue weighted by atomic mass is 35.5. The van der Waals surface area contributed by atoms with Crippen LogP contribution in [-0.2, 0) is 4.79 Å². The number of amides is 1. The number of nitrogens with zero attached hydrogens (tertiary/aromatic N) is 2. The normalized spacial score (nSPS) is 23.5. The number of nitrogens with one attached hydrogen (secondary N) is 1. The first kappa shape index (κ1) is 18.9. The molecule has 2 atom stereocenters. The first-order chi connectivity index (χ1) is 12.6. The number of anilines is 1. The third-order valence-electron chi connectivity index (χ3n) is 5.23. The number of terminal acetylenes is 1. The van der Waals surface area contributed by atoms with E-state index in [1.807, 2.05) is 18.2 Å². The molecule has 2 heterocycles. The van der Waals surface area contributed by atoms with Crippen molar-refractivity contribution >= 4 is 23.2 Å². The average Bonchev–Trinajstić information content (AvgIpc) is 3.10. The monoisotopic (exact) mass is 375 g/mol. The largest absolute Gasteiger partial charge is 0.495 e. The SMILES string of the molecule is C#CCN1CCCCC1C(=O)NC1CCN(c2cc(Cl)ccc2OC)C1. The summed E-state index contributed by atoms with van der Waals surface area (Å²) in [6.45, 7) is 3.05. The summed E-state index contributed by atoms with van der Waals surface area (Å²) in [5.41, 5.74) is 0.975. The maximum atomic E-state index is 12.8. The van der Waals surface area contributed by atoms with Gasteiger partial charge in [0.05, 0.1) is 25.4 Å². The number of hydrogen-bond donors (Lipinski definition) is 1. The van der Waals surface area contributed by atoms with Crippen molar-refractivity contribution in [2.75, 3.05) is 38.2 Å². The lowest BCUT2D eigenvalue weighted by atomic mass is 10.0. The number of carbonyl (C=O) groups is 1. The van der Waals surface area contributed by atoms with Crippen molar-refractivity contribution in [1.29, 1.82) is 0 Å². The average molecular weight is 376 g/mol. The fraction of sp³-hybridized carbons (Fsp3) is 0.550. The third kappa shape index (κ3) is 4.25. The molecule has 26 heavy (non-hydrogen) atoms. The summed E-state index contributed by atoms with van der Waals surface area (Å²) in [6, 6.07) is 5.64. The van der Waals surface area contributed by atoms with E-state index in [0.29, 0.717) is 11.6 Å². The summed E-state index contributed by atoms with van der Waals surface area (Å²) in [7, 11) is 1.66. The summed E-state index contributed by atoms with van der Waals surface area (Å²) >= 11 is 6.15. The predicted molar refractivity (Wildman–Crippen MR) is 105 cm³/mol. The Hall–Kier alpha value is -1.90. The lowest BCUT2D eigenvalue weighted by Crippen LogP contribution is -2.52. The van der Waals surface area contributed by atoms with Crippen molar-refractivity contribution < 1.29 is 9.53 Å². The van der Waals surface area contributed by atoms with Gasteiger partial charge < -0.3 is 15.0 Å². The summed E-state index contributed by atoms with van der Waals surface area (Å²) in [5.74, 6) is 3.58. The minimum absolute atomic E-state index is 0.102. The first-order valence-corrected chi connectivity index (χ1v) is 9.56. The molecule has 0 saturated carbocycles. The molecule has 2 saturated heterocycles. The summed E-state index contributed by atoms with van der Waals surface area (Å²) in [4.78, 5) is 17.1. The van der Waals surface area contributed by atoms with Crippen LogP contribution < -0.4 is 15.0 Å². The van der Waals surface area contributed by atoms with Crippen LogP contribution in [0.3, 0.4) is 0 Å². The van der Waals surface area contributed by atoms with Gasteiger partial charge in [-0.25, -0.2) is 0 Å². The molecular weight excluding hydrogens is 350 g/mol. The van der Waals surface area contributed by atoms with E-state index in [2.05, 4.69) is 21.0 Å². The fourth-order valence-corrected chi connectivity index (χ4v) is 4.07. The molecule has 1 N–H and O–H groups in total. The third-order valence-corrected chi connectivity index (χ3v) is 5.46. The summed E-state index contributed by atoms with van der Waals surface area (Å²) in [6.07, 6.45) is 9.43. The molecule has 140 valence electrons. The van der Waals surface area contributed by atoms with Crippen LogP contribution in [0.15, 0.2) is 18.2 Å². The number of benzene rings is 1. The Balaban J connectivity index is 1.61. The molecule has 0 spiro atoms. The molecular formula is C20H26ClN3O2. The number of likely N-dealkylation sites (tertiary alicyclic amines) is 1. The Labute approximate surface area is 160 Å². The van der Waals surface area contributed by atoms with Crippen LogP contribution >= 0.6 is 11.6 Å². The number of carbonyl (C=O) groups excluding carboxylic acids is 1. The van der Waals surface area contributed by atoms with E-state index in [0.717, 1.165) is 56.8 Å². The molecule has 2 fully saturated rings. The molecule has 3 rings (SSSR count). The molecule has 5 nitrogen and oxygen atoms in total. The van der Waals surface area contributed by atoms with Crippen LogP contribution in [0.2, 0.25) is 5.02 Å². The van der Waals surface area contributed by atoms with Gasteiger partial charge in [0.25, 0.3) is 0 Å². The van der Waals surface area contributed by atoms with E-state index in [4.69, 9.17) is 22.8 Å². The van der Waals surface area contributed by atoms with Crippen LogP contribution in [0, 0.1) is 12.3 Å². The first-order valence-electron chi connectivity index (χ1n) is 9.18. The zero-order valence-electron chi connectivity index (χ0n) is 15.2. The molecule has 6 heteroatoms. The maximum absolute atomic E-state index is 12.8. The van der Waals surface area contributed by atoms with Gasteiger partial charge in [-0.2, -0.15) is 0 Å². The van der Waals surface area contributed by atoms with Crippen molar-refractivity contribution in [2.24, 2.45) is 0 Å². The fourth-order valence-electron chi connectivity index (χ4n) is 3.90. The van der Waals surface area contributed by atoms with Crippen LogP contribution in [0.1, 0.15) is 25.7 Å². The number of rotatable bonds is 5. The molecule has 2 aliphatic heterocycles. The van der Waals surface area contributed by atoms with Crippen molar-refractivity contribution in [3.63, 3.8) is 0 Å². The van der Waals surface area contributed by atoms with E-state index < -0.39 is 0 Å². The van der Waals surface area contributed by atoms with Gasteiger partial charge >= 0.3 is 0 Å². The van der Waals surface area contributed by atoms with Crippen molar-refractivity contribution in [1.82, 2.24) is 10.2 Å².